The SMILES string of the molecule is C=C(c1ccccc1)c1nc(N)nc2sc(C(=O)NCC)cc12. The number of carbonyl (C=O) groups is 1. The number of carbonyl (C=O) groups excluding carboxylic acids is 1. The molecule has 0 radical (unpaired) electrons. The Hall–Kier alpha value is -2.73. The van der Waals surface area contributed by atoms with Crippen LogP contribution < -0.4 is 11.1 Å². The van der Waals surface area contributed by atoms with Gasteiger partial charge in [0.25, 0.3) is 5.91 Å². The molecular formula is C17H16N4OS. The van der Waals surface area contributed by atoms with Crippen molar-refractivity contribution in [2.24, 2.45) is 0 Å². The highest BCUT2D eigenvalue weighted by molar-refractivity contribution is 7.20. The number of nitrogens with zero attached hydrogens (tertiary/aromatic N) is 2. The number of benzene rings is 1. The molecule has 0 aliphatic carbocycles. The van der Waals surface area contributed by atoms with E-state index in [1.807, 2.05) is 37.3 Å². The average molecular weight is 324 g/mol. The summed E-state index contributed by atoms with van der Waals surface area (Å²) in [7, 11) is 0. The lowest BCUT2D eigenvalue weighted by atomic mass is 10.0. The standard InChI is InChI=1S/C17H16N4OS/c1-3-19-15(22)13-9-12-14(20-17(18)21-16(12)23-13)10(2)11-7-5-4-6-8-11/h4-9H,2-3H2,1H3,(H,19,22)(H2,18,20,21). The van der Waals surface area contributed by atoms with Crippen molar-refractivity contribution >= 4 is 39.0 Å². The molecule has 0 bridgehead atoms. The number of fused-ring (bicyclic) bond motifs is 1. The summed E-state index contributed by atoms with van der Waals surface area (Å²) in [6.07, 6.45) is 0. The first-order valence-corrected chi connectivity index (χ1v) is 8.01. The molecular weight excluding hydrogens is 308 g/mol. The van der Waals surface area contributed by atoms with Crippen LogP contribution in [0.5, 0.6) is 0 Å². The Labute approximate surface area is 137 Å². The van der Waals surface area contributed by atoms with Gasteiger partial charge in [-0.15, -0.1) is 11.3 Å². The third-order valence-corrected chi connectivity index (χ3v) is 4.41. The molecule has 2 aromatic heterocycles. The summed E-state index contributed by atoms with van der Waals surface area (Å²) in [6, 6.07) is 11.5. The number of nitrogens with two attached hydrogens (primary N) is 1. The van der Waals surface area contributed by atoms with E-state index in [0.29, 0.717) is 21.9 Å². The number of hydrogen-bond acceptors (Lipinski definition) is 5. The normalized spacial score (nSPS) is 10.7. The van der Waals surface area contributed by atoms with Crippen molar-refractivity contribution < 1.29 is 4.79 Å². The highest BCUT2D eigenvalue weighted by atomic mass is 32.1. The quantitative estimate of drug-likeness (QED) is 0.773. The Morgan fingerprint density at radius 3 is 2.74 bits per heavy atom. The zero-order valence-electron chi connectivity index (χ0n) is 12.7. The van der Waals surface area contributed by atoms with Gasteiger partial charge in [0.1, 0.15) is 4.83 Å². The van der Waals surface area contributed by atoms with E-state index in [4.69, 9.17) is 5.73 Å². The Morgan fingerprint density at radius 2 is 2.04 bits per heavy atom. The molecule has 0 unspecified atom stereocenters. The summed E-state index contributed by atoms with van der Waals surface area (Å²) in [5.74, 6) is 0.0548. The van der Waals surface area contributed by atoms with Crippen molar-refractivity contribution in [1.29, 1.82) is 0 Å². The van der Waals surface area contributed by atoms with Crippen LogP contribution in [0.15, 0.2) is 43.0 Å². The third kappa shape index (κ3) is 2.93. The van der Waals surface area contributed by atoms with E-state index in [9.17, 15) is 4.79 Å². The van der Waals surface area contributed by atoms with Crippen LogP contribution >= 0.6 is 11.3 Å². The summed E-state index contributed by atoms with van der Waals surface area (Å²) in [5, 5.41) is 3.58. The largest absolute Gasteiger partial charge is 0.368 e. The zero-order chi connectivity index (χ0) is 16.4. The van der Waals surface area contributed by atoms with Gasteiger partial charge in [-0.05, 0) is 18.6 Å². The van der Waals surface area contributed by atoms with Crippen molar-refractivity contribution in [2.45, 2.75) is 6.92 Å². The minimum absolute atomic E-state index is 0.120. The molecule has 1 amide bonds. The molecule has 3 aromatic rings. The summed E-state index contributed by atoms with van der Waals surface area (Å²) in [4.78, 5) is 21.9. The van der Waals surface area contributed by atoms with Gasteiger partial charge >= 0.3 is 0 Å². The Kier molecular flexibility index (Phi) is 4.08. The van der Waals surface area contributed by atoms with Gasteiger partial charge in [-0.2, -0.15) is 0 Å². The number of anilines is 1. The number of nitrogens with one attached hydrogen (secondary N) is 1. The van der Waals surface area contributed by atoms with Crippen LogP contribution in [0.25, 0.3) is 15.8 Å². The molecule has 0 atom stereocenters. The molecule has 0 fully saturated rings. The van der Waals surface area contributed by atoms with Crippen molar-refractivity contribution in [3.8, 4) is 0 Å². The second-order valence-electron chi connectivity index (χ2n) is 4.96. The second kappa shape index (κ2) is 6.18. The van der Waals surface area contributed by atoms with Gasteiger partial charge < -0.3 is 11.1 Å². The second-order valence-corrected chi connectivity index (χ2v) is 5.99. The van der Waals surface area contributed by atoms with Gasteiger partial charge in [-0.25, -0.2) is 9.97 Å². The van der Waals surface area contributed by atoms with E-state index in [1.165, 1.54) is 11.3 Å². The fourth-order valence-corrected chi connectivity index (χ4v) is 3.26. The number of amides is 1. The number of nitrogen functional groups attached to an aromatic ring is 1. The molecule has 116 valence electrons. The predicted octanol–water partition coefficient (Wildman–Crippen LogP) is 3.08. The maximum atomic E-state index is 12.0. The maximum absolute atomic E-state index is 12.0. The summed E-state index contributed by atoms with van der Waals surface area (Å²) in [5.41, 5.74) is 8.20. The van der Waals surface area contributed by atoms with E-state index in [2.05, 4.69) is 21.9 Å². The Morgan fingerprint density at radius 1 is 1.30 bits per heavy atom. The summed E-state index contributed by atoms with van der Waals surface area (Å²) >= 11 is 1.30. The number of rotatable bonds is 4. The van der Waals surface area contributed by atoms with Gasteiger partial charge in [0.2, 0.25) is 5.95 Å². The lowest BCUT2D eigenvalue weighted by Gasteiger charge is -2.07. The predicted molar refractivity (Wildman–Crippen MR) is 94.4 cm³/mol. The Bertz CT molecular complexity index is 886. The number of hydrogen-bond donors (Lipinski definition) is 2. The molecule has 0 saturated carbocycles. The molecule has 0 aliphatic rings. The molecule has 23 heavy (non-hydrogen) atoms. The molecule has 5 nitrogen and oxygen atoms in total. The van der Waals surface area contributed by atoms with Gasteiger partial charge in [0.05, 0.1) is 10.6 Å². The van der Waals surface area contributed by atoms with Gasteiger partial charge in [-0.3, -0.25) is 4.79 Å². The highest BCUT2D eigenvalue weighted by Gasteiger charge is 2.17. The van der Waals surface area contributed by atoms with Gasteiger partial charge in [0, 0.05) is 17.5 Å². The molecule has 3 rings (SSSR count). The zero-order valence-corrected chi connectivity index (χ0v) is 13.5. The maximum Gasteiger partial charge on any atom is 0.261 e. The van der Waals surface area contributed by atoms with Crippen LogP contribution in [0.3, 0.4) is 0 Å². The molecule has 3 N–H and O–H groups in total. The van der Waals surface area contributed by atoms with E-state index in [1.54, 1.807) is 6.07 Å². The topological polar surface area (TPSA) is 80.9 Å². The van der Waals surface area contributed by atoms with Crippen LogP contribution in [-0.4, -0.2) is 22.4 Å². The van der Waals surface area contributed by atoms with Crippen molar-refractivity contribution in [1.82, 2.24) is 15.3 Å². The molecule has 1 aromatic carbocycles. The van der Waals surface area contributed by atoms with Crippen LogP contribution in [0.4, 0.5) is 5.95 Å². The van der Waals surface area contributed by atoms with Crippen LogP contribution in [0, 0.1) is 0 Å². The first kappa shape index (κ1) is 15.2. The van der Waals surface area contributed by atoms with Crippen LogP contribution in [0.2, 0.25) is 0 Å². The summed E-state index contributed by atoms with van der Waals surface area (Å²) < 4.78 is 0. The van der Waals surface area contributed by atoms with Crippen molar-refractivity contribution in [3.05, 3.63) is 59.1 Å². The fourth-order valence-electron chi connectivity index (χ4n) is 2.30. The minimum atomic E-state index is -0.120. The van der Waals surface area contributed by atoms with Gasteiger partial charge in [-0.1, -0.05) is 36.9 Å². The van der Waals surface area contributed by atoms with Gasteiger partial charge in [0.15, 0.2) is 0 Å². The van der Waals surface area contributed by atoms with Crippen molar-refractivity contribution in [3.63, 3.8) is 0 Å². The molecule has 0 aliphatic heterocycles. The van der Waals surface area contributed by atoms with E-state index in [0.717, 1.165) is 16.5 Å². The average Bonchev–Trinajstić information content (AvgIpc) is 2.98. The molecule has 2 heterocycles. The van der Waals surface area contributed by atoms with Crippen molar-refractivity contribution in [2.75, 3.05) is 12.3 Å². The van der Waals surface area contributed by atoms with Crippen LogP contribution in [-0.2, 0) is 0 Å². The smallest absolute Gasteiger partial charge is 0.261 e. The molecule has 0 spiro atoms. The lowest BCUT2D eigenvalue weighted by molar-refractivity contribution is 0.0960. The molecule has 6 heteroatoms. The van der Waals surface area contributed by atoms with E-state index < -0.39 is 0 Å². The minimum Gasteiger partial charge on any atom is -0.368 e. The summed E-state index contributed by atoms with van der Waals surface area (Å²) in [6.45, 7) is 6.59. The van der Waals surface area contributed by atoms with Crippen LogP contribution in [0.1, 0.15) is 27.9 Å². The first-order valence-electron chi connectivity index (χ1n) is 7.20. The van der Waals surface area contributed by atoms with E-state index >= 15 is 0 Å². The monoisotopic (exact) mass is 324 g/mol. The highest BCUT2D eigenvalue weighted by Crippen LogP contribution is 2.32. The van der Waals surface area contributed by atoms with E-state index in [-0.39, 0.29) is 11.9 Å². The number of thiophene rings is 1. The first-order chi connectivity index (χ1) is 11.1. The third-order valence-electron chi connectivity index (χ3n) is 3.38. The fraction of sp³-hybridized carbons (Fsp3) is 0.118. The molecule has 0 saturated heterocycles. The Balaban J connectivity index is 2.13. The lowest BCUT2D eigenvalue weighted by Crippen LogP contribution is -2.21. The number of aromatic nitrogens is 2.